The number of hydrogen-bond acceptors (Lipinski definition) is 6. The lowest BCUT2D eigenvalue weighted by molar-refractivity contribution is -0.143. The van der Waals surface area contributed by atoms with Gasteiger partial charge in [0, 0.05) is 17.8 Å². The number of ether oxygens (including phenoxy) is 1. The molecule has 1 unspecified atom stereocenters. The van der Waals surface area contributed by atoms with Crippen LogP contribution in [-0.4, -0.2) is 37.0 Å². The van der Waals surface area contributed by atoms with Gasteiger partial charge in [-0.1, -0.05) is 30.3 Å². The standard InChI is InChI=1S/C19H24ClN5O3/c1-4-28-17(26)9-12(2)22-13(3)23-18-14(10-21)11-25(19(27)24-18)16-8-6-5-7-15(16)20/h5-8,10,12,22H,3-4,9,11,21H2,1-2H3,(H,23,24,27)/b14-10-. The van der Waals surface area contributed by atoms with Crippen LogP contribution in [-0.2, 0) is 9.53 Å². The molecule has 0 radical (unpaired) electrons. The third kappa shape index (κ3) is 5.50. The number of anilines is 1. The molecule has 1 atom stereocenters. The lowest BCUT2D eigenvalue weighted by Crippen LogP contribution is -2.51. The summed E-state index contributed by atoms with van der Waals surface area (Å²) in [7, 11) is 0. The highest BCUT2D eigenvalue weighted by molar-refractivity contribution is 6.34. The third-order valence-electron chi connectivity index (χ3n) is 3.89. The number of carbonyl (C=O) groups is 2. The summed E-state index contributed by atoms with van der Waals surface area (Å²) < 4.78 is 4.91. The number of amidine groups is 1. The van der Waals surface area contributed by atoms with Gasteiger partial charge in [0.1, 0.15) is 11.7 Å². The second kappa shape index (κ2) is 9.80. The van der Waals surface area contributed by atoms with E-state index in [0.717, 1.165) is 0 Å². The van der Waals surface area contributed by atoms with Gasteiger partial charge in [-0.3, -0.25) is 15.0 Å². The summed E-state index contributed by atoms with van der Waals surface area (Å²) in [5.41, 5.74) is 6.90. The van der Waals surface area contributed by atoms with Crippen LogP contribution in [0.1, 0.15) is 20.3 Å². The quantitative estimate of drug-likeness (QED) is 0.604. The second-order valence-electron chi connectivity index (χ2n) is 6.12. The lowest BCUT2D eigenvalue weighted by Gasteiger charge is -2.30. The molecule has 0 aromatic heterocycles. The van der Waals surface area contributed by atoms with Crippen LogP contribution in [0.3, 0.4) is 0 Å². The Labute approximate surface area is 169 Å². The maximum Gasteiger partial charge on any atom is 0.327 e. The zero-order chi connectivity index (χ0) is 20.7. The zero-order valence-corrected chi connectivity index (χ0v) is 16.6. The molecule has 1 heterocycles. The van der Waals surface area contributed by atoms with Crippen molar-refractivity contribution in [3.8, 4) is 0 Å². The number of rotatable bonds is 7. The van der Waals surface area contributed by atoms with E-state index < -0.39 is 0 Å². The molecule has 9 heteroatoms. The number of carbonyl (C=O) groups excluding carboxylic acids is 2. The Morgan fingerprint density at radius 2 is 2.25 bits per heavy atom. The van der Waals surface area contributed by atoms with E-state index in [-0.39, 0.29) is 42.7 Å². The van der Waals surface area contributed by atoms with E-state index in [0.29, 0.717) is 22.9 Å². The molecular weight excluding hydrogens is 382 g/mol. The number of urea groups is 1. The SMILES string of the molecule is C=C(N=C1NC(=O)N(c2ccccc2Cl)C/C1=C/N)NC(C)CC(=O)OCC. The molecule has 1 aromatic carbocycles. The highest BCUT2D eigenvalue weighted by Gasteiger charge is 2.28. The minimum Gasteiger partial charge on any atom is -0.466 e. The van der Waals surface area contributed by atoms with Gasteiger partial charge in [0.05, 0.1) is 30.3 Å². The van der Waals surface area contributed by atoms with Crippen molar-refractivity contribution in [2.45, 2.75) is 26.3 Å². The number of nitrogens with one attached hydrogen (secondary N) is 2. The molecule has 0 bridgehead atoms. The Morgan fingerprint density at radius 3 is 2.89 bits per heavy atom. The van der Waals surface area contributed by atoms with Crippen molar-refractivity contribution < 1.29 is 14.3 Å². The van der Waals surface area contributed by atoms with Gasteiger partial charge in [0.25, 0.3) is 0 Å². The normalized spacial score (nSPS) is 18.0. The topological polar surface area (TPSA) is 109 Å². The molecule has 2 amide bonds. The van der Waals surface area contributed by atoms with Gasteiger partial charge in [0.2, 0.25) is 0 Å². The van der Waals surface area contributed by atoms with E-state index in [4.69, 9.17) is 22.1 Å². The first-order valence-electron chi connectivity index (χ1n) is 8.79. The van der Waals surface area contributed by atoms with Crippen LogP contribution in [0, 0.1) is 0 Å². The van der Waals surface area contributed by atoms with Crippen LogP contribution < -0.4 is 21.3 Å². The Balaban J connectivity index is 2.08. The van der Waals surface area contributed by atoms with Gasteiger partial charge >= 0.3 is 12.0 Å². The van der Waals surface area contributed by atoms with Gasteiger partial charge in [-0.05, 0) is 26.0 Å². The summed E-state index contributed by atoms with van der Waals surface area (Å²) in [6.45, 7) is 7.91. The van der Waals surface area contributed by atoms with Crippen LogP contribution in [0.2, 0.25) is 5.02 Å². The first-order chi connectivity index (χ1) is 13.3. The minimum absolute atomic E-state index is 0.171. The molecule has 0 saturated carbocycles. The molecule has 1 saturated heterocycles. The third-order valence-corrected chi connectivity index (χ3v) is 4.21. The molecule has 28 heavy (non-hydrogen) atoms. The first kappa shape index (κ1) is 21.3. The number of halogens is 1. The summed E-state index contributed by atoms with van der Waals surface area (Å²) >= 11 is 6.19. The number of esters is 1. The summed E-state index contributed by atoms with van der Waals surface area (Å²) in [5, 5.41) is 6.14. The molecule has 4 N–H and O–H groups in total. The maximum absolute atomic E-state index is 12.5. The van der Waals surface area contributed by atoms with Gasteiger partial charge in [-0.15, -0.1) is 0 Å². The molecule has 1 aliphatic heterocycles. The van der Waals surface area contributed by atoms with Crippen molar-refractivity contribution in [1.82, 2.24) is 10.6 Å². The van der Waals surface area contributed by atoms with E-state index in [1.165, 1.54) is 11.1 Å². The van der Waals surface area contributed by atoms with Gasteiger partial charge in [0.15, 0.2) is 0 Å². The Kier molecular flexibility index (Phi) is 7.45. The maximum atomic E-state index is 12.5. The minimum atomic E-state index is -0.384. The van der Waals surface area contributed by atoms with Crippen molar-refractivity contribution >= 4 is 35.1 Å². The van der Waals surface area contributed by atoms with Gasteiger partial charge in [-0.2, -0.15) is 0 Å². The van der Waals surface area contributed by atoms with Crippen LogP contribution in [0.15, 0.2) is 53.4 Å². The van der Waals surface area contributed by atoms with Gasteiger partial charge < -0.3 is 15.8 Å². The van der Waals surface area contributed by atoms with Crippen molar-refractivity contribution in [2.75, 3.05) is 18.1 Å². The Morgan fingerprint density at radius 1 is 1.54 bits per heavy atom. The van der Waals surface area contributed by atoms with E-state index >= 15 is 0 Å². The fourth-order valence-electron chi connectivity index (χ4n) is 2.64. The van der Waals surface area contributed by atoms with E-state index in [1.807, 2.05) is 0 Å². The fraction of sp³-hybridized carbons (Fsp3) is 0.316. The monoisotopic (exact) mass is 405 g/mol. The second-order valence-corrected chi connectivity index (χ2v) is 6.53. The summed E-state index contributed by atoms with van der Waals surface area (Å²) in [6.07, 6.45) is 1.54. The molecule has 1 aromatic rings. The summed E-state index contributed by atoms with van der Waals surface area (Å²) in [4.78, 5) is 29.8. The van der Waals surface area contributed by atoms with Crippen molar-refractivity contribution in [1.29, 1.82) is 0 Å². The van der Waals surface area contributed by atoms with Crippen LogP contribution in [0.25, 0.3) is 0 Å². The summed E-state index contributed by atoms with van der Waals surface area (Å²) in [5.74, 6) is 0.265. The molecule has 0 spiro atoms. The van der Waals surface area contributed by atoms with Crippen LogP contribution >= 0.6 is 11.6 Å². The molecule has 1 aliphatic rings. The summed E-state index contributed by atoms with van der Waals surface area (Å²) in [6, 6.07) is 6.41. The highest BCUT2D eigenvalue weighted by Crippen LogP contribution is 2.27. The number of nitrogens with two attached hydrogens (primary N) is 1. The molecule has 150 valence electrons. The molecular formula is C19H24ClN5O3. The van der Waals surface area contributed by atoms with E-state index in [1.54, 1.807) is 38.1 Å². The first-order valence-corrected chi connectivity index (χ1v) is 9.17. The zero-order valence-electron chi connectivity index (χ0n) is 15.9. The number of nitrogens with zero attached hydrogens (tertiary/aromatic N) is 2. The average molecular weight is 406 g/mol. The van der Waals surface area contributed by atoms with Crippen molar-refractivity contribution in [3.63, 3.8) is 0 Å². The van der Waals surface area contributed by atoms with Gasteiger partial charge in [-0.25, -0.2) is 9.79 Å². The van der Waals surface area contributed by atoms with Crippen LogP contribution in [0.4, 0.5) is 10.5 Å². The number of amides is 2. The molecule has 2 rings (SSSR count). The molecule has 8 nitrogen and oxygen atoms in total. The van der Waals surface area contributed by atoms with E-state index in [2.05, 4.69) is 22.2 Å². The number of para-hydroxylation sites is 1. The molecule has 0 aliphatic carbocycles. The van der Waals surface area contributed by atoms with E-state index in [9.17, 15) is 9.59 Å². The predicted octanol–water partition coefficient (Wildman–Crippen LogP) is 2.51. The van der Waals surface area contributed by atoms with Crippen molar-refractivity contribution in [3.05, 3.63) is 53.5 Å². The molecule has 1 fully saturated rings. The Bertz CT molecular complexity index is 822. The Hall–Kier alpha value is -3.00. The highest BCUT2D eigenvalue weighted by atomic mass is 35.5. The number of hydrogen-bond donors (Lipinski definition) is 3. The lowest BCUT2D eigenvalue weighted by atomic mass is 10.1. The van der Waals surface area contributed by atoms with Crippen molar-refractivity contribution in [2.24, 2.45) is 10.7 Å². The number of benzene rings is 1. The van der Waals surface area contributed by atoms with Crippen LogP contribution in [0.5, 0.6) is 0 Å². The average Bonchev–Trinajstić information content (AvgIpc) is 2.62. The largest absolute Gasteiger partial charge is 0.466 e. The predicted molar refractivity (Wildman–Crippen MR) is 110 cm³/mol. The number of aliphatic imine (C=N–C) groups is 1. The smallest absolute Gasteiger partial charge is 0.327 e. The fourth-order valence-corrected chi connectivity index (χ4v) is 2.87.